The van der Waals surface area contributed by atoms with Crippen LogP contribution in [0.25, 0.3) is 0 Å². The molecule has 5 heteroatoms. The summed E-state index contributed by atoms with van der Waals surface area (Å²) in [5.74, 6) is 0. The van der Waals surface area contributed by atoms with Crippen LogP contribution in [-0.2, 0) is 6.42 Å². The summed E-state index contributed by atoms with van der Waals surface area (Å²) in [6, 6.07) is 12.5. The normalized spacial score (nSPS) is 10.9. The number of aryl methyl sites for hydroxylation is 1. The molecule has 0 aliphatic heterocycles. The molecule has 0 heterocycles. The molecule has 0 aromatic heterocycles. The van der Waals surface area contributed by atoms with E-state index in [-0.39, 0.29) is 10.7 Å². The number of aliphatic imine (C=N–C) groups is 1. The summed E-state index contributed by atoms with van der Waals surface area (Å²) in [5.41, 5.74) is 2.57. The lowest BCUT2D eigenvalue weighted by molar-refractivity contribution is -0.384. The van der Waals surface area contributed by atoms with Crippen molar-refractivity contribution in [1.29, 1.82) is 0 Å². The number of halogens is 1. The lowest BCUT2D eigenvalue weighted by Crippen LogP contribution is -1.91. The summed E-state index contributed by atoms with van der Waals surface area (Å²) in [6.45, 7) is 2.09. The number of nitro groups is 1. The number of rotatable bonds is 4. The van der Waals surface area contributed by atoms with Gasteiger partial charge in [-0.15, -0.1) is 0 Å². The Labute approximate surface area is 121 Å². The van der Waals surface area contributed by atoms with Crippen LogP contribution >= 0.6 is 11.6 Å². The molecule has 0 aliphatic rings. The summed E-state index contributed by atoms with van der Waals surface area (Å²) in [7, 11) is 0. The minimum atomic E-state index is -0.504. The van der Waals surface area contributed by atoms with Gasteiger partial charge in [0.2, 0.25) is 0 Å². The van der Waals surface area contributed by atoms with Crippen LogP contribution in [0, 0.1) is 10.1 Å². The number of nitro benzene ring substituents is 1. The molecule has 0 saturated carbocycles. The molecule has 0 spiro atoms. The molecular formula is C15H13ClN2O2. The van der Waals surface area contributed by atoms with Crippen LogP contribution < -0.4 is 0 Å². The van der Waals surface area contributed by atoms with Crippen molar-refractivity contribution in [2.75, 3.05) is 0 Å². The number of hydrogen-bond acceptors (Lipinski definition) is 3. The topological polar surface area (TPSA) is 55.5 Å². The zero-order chi connectivity index (χ0) is 14.5. The summed E-state index contributed by atoms with van der Waals surface area (Å²) in [4.78, 5) is 14.6. The third-order valence-corrected chi connectivity index (χ3v) is 3.19. The Morgan fingerprint density at radius 2 is 1.95 bits per heavy atom. The Kier molecular flexibility index (Phi) is 4.48. The van der Waals surface area contributed by atoms with Crippen molar-refractivity contribution >= 4 is 29.2 Å². The van der Waals surface area contributed by atoms with Crippen LogP contribution in [0.4, 0.5) is 11.4 Å². The predicted octanol–water partition coefficient (Wildman–Crippen LogP) is 4.56. The lowest BCUT2D eigenvalue weighted by atomic mass is 10.1. The summed E-state index contributed by atoms with van der Waals surface area (Å²) >= 11 is 5.76. The Balaban J connectivity index is 2.22. The highest BCUT2D eigenvalue weighted by Crippen LogP contribution is 2.24. The van der Waals surface area contributed by atoms with Gasteiger partial charge >= 0.3 is 0 Å². The second kappa shape index (κ2) is 6.30. The molecule has 0 bridgehead atoms. The first-order valence-corrected chi connectivity index (χ1v) is 6.55. The largest absolute Gasteiger partial charge is 0.288 e. The van der Waals surface area contributed by atoms with Crippen LogP contribution in [-0.4, -0.2) is 11.1 Å². The van der Waals surface area contributed by atoms with Crippen LogP contribution in [0.15, 0.2) is 47.5 Å². The standard InChI is InChI=1S/C15H13ClN2O2/c1-2-11-3-6-13(7-4-11)17-10-12-5-8-14(16)15(9-12)18(19)20/h3-10H,2H2,1H3. The van der Waals surface area contributed by atoms with Gasteiger partial charge < -0.3 is 0 Å². The molecule has 0 atom stereocenters. The highest BCUT2D eigenvalue weighted by atomic mass is 35.5. The fourth-order valence-electron chi connectivity index (χ4n) is 1.72. The first-order valence-electron chi connectivity index (χ1n) is 6.17. The summed E-state index contributed by atoms with van der Waals surface area (Å²) < 4.78 is 0. The van der Waals surface area contributed by atoms with E-state index in [4.69, 9.17) is 11.6 Å². The van der Waals surface area contributed by atoms with Gasteiger partial charge in [-0.3, -0.25) is 15.1 Å². The first-order chi connectivity index (χ1) is 9.60. The van der Waals surface area contributed by atoms with Crippen molar-refractivity contribution in [2.24, 2.45) is 4.99 Å². The molecule has 4 nitrogen and oxygen atoms in total. The zero-order valence-electron chi connectivity index (χ0n) is 10.9. The van der Waals surface area contributed by atoms with E-state index >= 15 is 0 Å². The van der Waals surface area contributed by atoms with Gasteiger partial charge in [-0.1, -0.05) is 36.7 Å². The van der Waals surface area contributed by atoms with E-state index in [0.29, 0.717) is 5.56 Å². The minimum Gasteiger partial charge on any atom is -0.258 e. The van der Waals surface area contributed by atoms with Gasteiger partial charge in [-0.05, 0) is 35.7 Å². The van der Waals surface area contributed by atoms with Gasteiger partial charge in [-0.2, -0.15) is 0 Å². The van der Waals surface area contributed by atoms with Gasteiger partial charge in [0.25, 0.3) is 5.69 Å². The maximum absolute atomic E-state index is 10.8. The fourth-order valence-corrected chi connectivity index (χ4v) is 1.90. The summed E-state index contributed by atoms with van der Waals surface area (Å²) in [6.07, 6.45) is 2.57. The van der Waals surface area contributed by atoms with E-state index in [1.165, 1.54) is 17.7 Å². The maximum atomic E-state index is 10.8. The van der Waals surface area contributed by atoms with Crippen molar-refractivity contribution < 1.29 is 4.92 Å². The molecule has 2 aromatic rings. The molecule has 0 unspecified atom stereocenters. The van der Waals surface area contributed by atoms with E-state index in [9.17, 15) is 10.1 Å². The Hall–Kier alpha value is -2.20. The van der Waals surface area contributed by atoms with Gasteiger partial charge in [0.15, 0.2) is 0 Å². The van der Waals surface area contributed by atoms with Gasteiger partial charge in [-0.25, -0.2) is 0 Å². The molecule has 20 heavy (non-hydrogen) atoms. The highest BCUT2D eigenvalue weighted by molar-refractivity contribution is 6.32. The molecule has 102 valence electrons. The molecule has 0 amide bonds. The maximum Gasteiger partial charge on any atom is 0.288 e. The van der Waals surface area contributed by atoms with Crippen molar-refractivity contribution in [1.82, 2.24) is 0 Å². The van der Waals surface area contributed by atoms with Gasteiger partial charge in [0, 0.05) is 12.3 Å². The van der Waals surface area contributed by atoms with Crippen LogP contribution in [0.3, 0.4) is 0 Å². The molecule has 0 N–H and O–H groups in total. The predicted molar refractivity (Wildman–Crippen MR) is 81.2 cm³/mol. The van der Waals surface area contributed by atoms with E-state index in [1.54, 1.807) is 12.3 Å². The van der Waals surface area contributed by atoms with Crippen molar-refractivity contribution in [3.63, 3.8) is 0 Å². The Bertz CT molecular complexity index is 651. The van der Waals surface area contributed by atoms with Crippen LogP contribution in [0.5, 0.6) is 0 Å². The van der Waals surface area contributed by atoms with Gasteiger partial charge in [0.1, 0.15) is 5.02 Å². The van der Waals surface area contributed by atoms with Gasteiger partial charge in [0.05, 0.1) is 10.6 Å². The molecule has 0 saturated heterocycles. The molecule has 0 radical (unpaired) electrons. The van der Waals surface area contributed by atoms with Crippen molar-refractivity contribution in [3.05, 3.63) is 68.7 Å². The molecule has 2 rings (SSSR count). The molecule has 0 fully saturated rings. The van der Waals surface area contributed by atoms with Crippen LogP contribution in [0.1, 0.15) is 18.1 Å². The van der Waals surface area contributed by atoms with Crippen molar-refractivity contribution in [2.45, 2.75) is 13.3 Å². The average Bonchev–Trinajstić information content (AvgIpc) is 2.46. The van der Waals surface area contributed by atoms with E-state index in [2.05, 4.69) is 11.9 Å². The van der Waals surface area contributed by atoms with Crippen molar-refractivity contribution in [3.8, 4) is 0 Å². The van der Waals surface area contributed by atoms with E-state index in [0.717, 1.165) is 12.1 Å². The molecular weight excluding hydrogens is 276 g/mol. The molecule has 0 aliphatic carbocycles. The minimum absolute atomic E-state index is 0.114. The number of hydrogen-bond donors (Lipinski definition) is 0. The average molecular weight is 289 g/mol. The van der Waals surface area contributed by atoms with Crippen LogP contribution in [0.2, 0.25) is 5.02 Å². The smallest absolute Gasteiger partial charge is 0.258 e. The van der Waals surface area contributed by atoms with E-state index < -0.39 is 4.92 Å². The second-order valence-corrected chi connectivity index (χ2v) is 4.65. The first kappa shape index (κ1) is 14.2. The second-order valence-electron chi connectivity index (χ2n) is 4.25. The fraction of sp³-hybridized carbons (Fsp3) is 0.133. The number of benzene rings is 2. The Morgan fingerprint density at radius 1 is 1.25 bits per heavy atom. The lowest BCUT2D eigenvalue weighted by Gasteiger charge is -1.98. The molecule has 2 aromatic carbocycles. The van der Waals surface area contributed by atoms with E-state index in [1.807, 2.05) is 24.3 Å². The zero-order valence-corrected chi connectivity index (χ0v) is 11.7. The number of nitrogens with zero attached hydrogens (tertiary/aromatic N) is 2. The third-order valence-electron chi connectivity index (χ3n) is 2.87. The third kappa shape index (κ3) is 3.42. The SMILES string of the molecule is CCc1ccc(N=Cc2ccc(Cl)c([N+](=O)[O-])c2)cc1. The highest BCUT2D eigenvalue weighted by Gasteiger charge is 2.11. The quantitative estimate of drug-likeness (QED) is 0.470. The summed E-state index contributed by atoms with van der Waals surface area (Å²) in [5, 5.41) is 10.9. The monoisotopic (exact) mass is 288 g/mol. The Morgan fingerprint density at radius 3 is 2.55 bits per heavy atom.